The number of halogens is 1. The molecule has 0 aliphatic rings. The predicted octanol–water partition coefficient (Wildman–Crippen LogP) is 3.88. The lowest BCUT2D eigenvalue weighted by molar-refractivity contribution is -0.385. The molecule has 0 saturated heterocycles. The first-order valence-electron chi connectivity index (χ1n) is 8.58. The lowest BCUT2D eigenvalue weighted by Crippen LogP contribution is -2.14. The molecule has 0 spiro atoms. The maximum Gasteiger partial charge on any atom is 0.312 e. The predicted molar refractivity (Wildman–Crippen MR) is 103 cm³/mol. The van der Waals surface area contributed by atoms with Gasteiger partial charge in [-0.05, 0) is 38.5 Å². The molecular formula is C19H21ClN2O6. The number of aryl methyl sites for hydroxylation is 1. The van der Waals surface area contributed by atoms with Gasteiger partial charge in [-0.3, -0.25) is 19.7 Å². The van der Waals surface area contributed by atoms with Gasteiger partial charge in [0.2, 0.25) is 5.78 Å². The number of rotatable bonds is 9. The van der Waals surface area contributed by atoms with Gasteiger partial charge in [-0.1, -0.05) is 11.6 Å². The molecule has 2 rings (SSSR count). The molecule has 28 heavy (non-hydrogen) atoms. The molecule has 0 fully saturated rings. The molecule has 1 heterocycles. The van der Waals surface area contributed by atoms with Crippen LogP contribution in [0, 0.1) is 24.0 Å². The van der Waals surface area contributed by atoms with Crippen molar-refractivity contribution in [2.75, 3.05) is 13.7 Å². The second-order valence-electron chi connectivity index (χ2n) is 6.20. The number of ether oxygens (including phenoxy) is 2. The monoisotopic (exact) mass is 408 g/mol. The molecule has 0 amide bonds. The van der Waals surface area contributed by atoms with Gasteiger partial charge >= 0.3 is 11.7 Å². The van der Waals surface area contributed by atoms with Crippen molar-refractivity contribution in [2.45, 2.75) is 33.2 Å². The third-order valence-electron chi connectivity index (χ3n) is 4.34. The fourth-order valence-electron chi connectivity index (χ4n) is 2.89. The molecule has 1 aromatic carbocycles. The number of hydrogen-bond donors (Lipinski definition) is 0. The first-order valence-corrected chi connectivity index (χ1v) is 8.96. The number of carbonyl (C=O) groups excluding carboxylic acids is 2. The minimum absolute atomic E-state index is 0.0189. The Bertz CT molecular complexity index is 906. The topological polar surface area (TPSA) is 101 Å². The number of hydrogen-bond acceptors (Lipinski definition) is 6. The van der Waals surface area contributed by atoms with Crippen molar-refractivity contribution in [3.63, 3.8) is 0 Å². The molecule has 0 aliphatic heterocycles. The van der Waals surface area contributed by atoms with Gasteiger partial charge in [-0.15, -0.1) is 0 Å². The summed E-state index contributed by atoms with van der Waals surface area (Å²) in [6.45, 7) is 3.91. The number of benzene rings is 1. The van der Waals surface area contributed by atoms with Crippen LogP contribution in [0.25, 0.3) is 0 Å². The summed E-state index contributed by atoms with van der Waals surface area (Å²) in [7, 11) is 1.34. The quantitative estimate of drug-likeness (QED) is 0.270. The van der Waals surface area contributed by atoms with E-state index >= 15 is 0 Å². The van der Waals surface area contributed by atoms with E-state index < -0.39 is 4.92 Å². The Kier molecular flexibility index (Phi) is 7.17. The first-order chi connectivity index (χ1) is 13.2. The molecule has 2 aromatic rings. The number of nitro benzene ring substituents is 1. The highest BCUT2D eigenvalue weighted by Crippen LogP contribution is 2.30. The van der Waals surface area contributed by atoms with E-state index in [9.17, 15) is 19.7 Å². The summed E-state index contributed by atoms with van der Waals surface area (Å²) >= 11 is 5.77. The fraction of sp³-hybridized carbons (Fsp3) is 0.368. The van der Waals surface area contributed by atoms with Crippen molar-refractivity contribution in [1.82, 2.24) is 4.57 Å². The maximum atomic E-state index is 12.6. The first kappa shape index (κ1) is 21.4. The van der Waals surface area contributed by atoms with Crippen LogP contribution in [0.1, 0.15) is 34.6 Å². The Hall–Kier alpha value is -2.87. The third-order valence-corrected chi connectivity index (χ3v) is 4.58. The van der Waals surface area contributed by atoms with Gasteiger partial charge < -0.3 is 14.0 Å². The number of aromatic nitrogens is 1. The zero-order chi connectivity index (χ0) is 20.8. The van der Waals surface area contributed by atoms with E-state index in [-0.39, 0.29) is 34.8 Å². The summed E-state index contributed by atoms with van der Waals surface area (Å²) < 4.78 is 12.0. The zero-order valence-corrected chi connectivity index (χ0v) is 16.6. The number of methoxy groups -OCH3 is 1. The van der Waals surface area contributed by atoms with Crippen LogP contribution in [0.4, 0.5) is 5.69 Å². The standard InChI is InChI=1S/C19H21ClN2O6/c1-12-9-15(13(2)21(12)8-4-5-19(24)27-3)17(23)11-28-18-7-6-14(20)10-16(18)22(25)26/h6-7,9-10H,4-5,8,11H2,1-3H3. The Morgan fingerprint density at radius 3 is 2.61 bits per heavy atom. The summed E-state index contributed by atoms with van der Waals surface area (Å²) in [5.41, 5.74) is 1.81. The summed E-state index contributed by atoms with van der Waals surface area (Å²) in [6.07, 6.45) is 0.879. The van der Waals surface area contributed by atoms with Crippen molar-refractivity contribution in [1.29, 1.82) is 0 Å². The molecule has 8 nitrogen and oxygen atoms in total. The van der Waals surface area contributed by atoms with Gasteiger partial charge in [-0.2, -0.15) is 0 Å². The van der Waals surface area contributed by atoms with Crippen molar-refractivity contribution in [3.05, 3.63) is 56.4 Å². The Balaban J connectivity index is 2.08. The second-order valence-corrected chi connectivity index (χ2v) is 6.63. The fourth-order valence-corrected chi connectivity index (χ4v) is 3.05. The van der Waals surface area contributed by atoms with Crippen LogP contribution in [-0.4, -0.2) is 35.0 Å². The molecule has 0 atom stereocenters. The smallest absolute Gasteiger partial charge is 0.312 e. The van der Waals surface area contributed by atoms with Crippen molar-refractivity contribution >= 4 is 29.0 Å². The van der Waals surface area contributed by atoms with E-state index in [2.05, 4.69) is 4.74 Å². The van der Waals surface area contributed by atoms with E-state index in [1.165, 1.54) is 25.3 Å². The number of carbonyl (C=O) groups is 2. The van der Waals surface area contributed by atoms with Crippen molar-refractivity contribution in [2.24, 2.45) is 0 Å². The van der Waals surface area contributed by atoms with Crippen molar-refractivity contribution in [3.8, 4) is 5.75 Å². The second kappa shape index (κ2) is 9.36. The molecule has 0 bridgehead atoms. The molecule has 0 saturated carbocycles. The van der Waals surface area contributed by atoms with Crippen LogP contribution >= 0.6 is 11.6 Å². The normalized spacial score (nSPS) is 10.6. The summed E-state index contributed by atoms with van der Waals surface area (Å²) in [4.78, 5) is 34.3. The molecule has 0 radical (unpaired) electrons. The Morgan fingerprint density at radius 1 is 1.25 bits per heavy atom. The van der Waals surface area contributed by atoms with Crippen LogP contribution in [0.15, 0.2) is 24.3 Å². The Labute approximate surface area is 167 Å². The van der Waals surface area contributed by atoms with E-state index in [1.54, 1.807) is 6.07 Å². The van der Waals surface area contributed by atoms with Gasteiger partial charge in [0.15, 0.2) is 12.4 Å². The third kappa shape index (κ3) is 5.10. The number of esters is 1. The van der Waals surface area contributed by atoms with Crippen LogP contribution in [0.2, 0.25) is 5.02 Å². The number of Topliss-reactive ketones (excluding diaryl/α,β-unsaturated/α-hetero) is 1. The minimum Gasteiger partial charge on any atom is -0.478 e. The minimum atomic E-state index is -0.612. The number of nitro groups is 1. The summed E-state index contributed by atoms with van der Waals surface area (Å²) in [5, 5.41) is 11.3. The highest BCUT2D eigenvalue weighted by molar-refractivity contribution is 6.30. The average molecular weight is 409 g/mol. The molecule has 150 valence electrons. The van der Waals surface area contributed by atoms with E-state index in [1.807, 2.05) is 18.4 Å². The largest absolute Gasteiger partial charge is 0.478 e. The van der Waals surface area contributed by atoms with Gasteiger partial charge in [0.25, 0.3) is 0 Å². The number of ketones is 1. The SMILES string of the molecule is COC(=O)CCCn1c(C)cc(C(=O)COc2ccc(Cl)cc2[N+](=O)[O-])c1C. The maximum absolute atomic E-state index is 12.6. The van der Waals surface area contributed by atoms with Crippen LogP contribution in [-0.2, 0) is 16.1 Å². The Morgan fingerprint density at radius 2 is 1.96 bits per heavy atom. The van der Waals surface area contributed by atoms with Crippen LogP contribution in [0.5, 0.6) is 5.75 Å². The van der Waals surface area contributed by atoms with E-state index in [0.717, 1.165) is 11.4 Å². The lowest BCUT2D eigenvalue weighted by atomic mass is 10.1. The molecule has 1 aromatic heterocycles. The molecule has 9 heteroatoms. The highest BCUT2D eigenvalue weighted by Gasteiger charge is 2.20. The summed E-state index contributed by atoms with van der Waals surface area (Å²) in [6, 6.07) is 5.75. The average Bonchev–Trinajstić information content (AvgIpc) is 2.94. The highest BCUT2D eigenvalue weighted by atomic mass is 35.5. The molecule has 0 aliphatic carbocycles. The lowest BCUT2D eigenvalue weighted by Gasteiger charge is -2.10. The summed E-state index contributed by atoms with van der Waals surface area (Å²) in [5.74, 6) is -0.595. The van der Waals surface area contributed by atoms with Crippen LogP contribution < -0.4 is 4.74 Å². The zero-order valence-electron chi connectivity index (χ0n) is 15.9. The van der Waals surface area contributed by atoms with Gasteiger partial charge in [0, 0.05) is 41.0 Å². The number of nitrogens with zero attached hydrogens (tertiary/aromatic N) is 2. The van der Waals surface area contributed by atoms with Gasteiger partial charge in [-0.25, -0.2) is 0 Å². The van der Waals surface area contributed by atoms with Gasteiger partial charge in [0.05, 0.1) is 12.0 Å². The van der Waals surface area contributed by atoms with Gasteiger partial charge in [0.1, 0.15) is 0 Å². The van der Waals surface area contributed by atoms with Crippen LogP contribution in [0.3, 0.4) is 0 Å². The van der Waals surface area contributed by atoms with E-state index in [4.69, 9.17) is 16.3 Å². The molecular weight excluding hydrogens is 388 g/mol. The van der Waals surface area contributed by atoms with Crippen molar-refractivity contribution < 1.29 is 24.0 Å². The molecule has 0 unspecified atom stereocenters. The molecule has 0 N–H and O–H groups in total. The van der Waals surface area contributed by atoms with E-state index in [0.29, 0.717) is 24.9 Å².